The van der Waals surface area contributed by atoms with Crippen molar-refractivity contribution < 1.29 is 28.7 Å². The third kappa shape index (κ3) is 7.94. The number of nitrogens with one attached hydrogen (secondary N) is 4. The van der Waals surface area contributed by atoms with E-state index in [9.17, 15) is 19.2 Å². The van der Waals surface area contributed by atoms with Gasteiger partial charge in [0, 0.05) is 24.2 Å². The van der Waals surface area contributed by atoms with E-state index in [0.717, 1.165) is 52.5 Å². The van der Waals surface area contributed by atoms with Crippen molar-refractivity contribution in [2.45, 2.75) is 78.0 Å². The molecule has 0 saturated carbocycles. The number of benzene rings is 2. The number of fused-ring (bicyclic) bond motifs is 2. The van der Waals surface area contributed by atoms with Gasteiger partial charge in [-0.25, -0.2) is 19.6 Å². The smallest absolute Gasteiger partial charge is 0.407 e. The first kappa shape index (κ1) is 37.2. The number of hydrogen-bond acceptors (Lipinski definition) is 8. The lowest BCUT2D eigenvalue weighted by atomic mass is 10.0. The van der Waals surface area contributed by atoms with Gasteiger partial charge in [-0.15, -0.1) is 0 Å². The number of amides is 4. The monoisotopic (exact) mass is 724 g/mol. The quantitative estimate of drug-likeness (QED) is 0.180. The highest BCUT2D eigenvalue weighted by Gasteiger charge is 2.40. The summed E-state index contributed by atoms with van der Waals surface area (Å²) in [6, 6.07) is 9.69. The zero-order valence-electron chi connectivity index (χ0n) is 31.3. The van der Waals surface area contributed by atoms with E-state index in [2.05, 4.69) is 39.4 Å². The number of nitrogens with zero attached hydrogens (tertiary/aromatic N) is 4. The minimum absolute atomic E-state index is 0.117. The third-order valence-electron chi connectivity index (χ3n) is 10.1. The molecule has 2 saturated heterocycles. The van der Waals surface area contributed by atoms with Gasteiger partial charge in [-0.2, -0.15) is 0 Å². The number of ether oxygens (including phenoxy) is 2. The van der Waals surface area contributed by atoms with Crippen molar-refractivity contribution in [2.75, 3.05) is 27.3 Å². The normalized spacial score (nSPS) is 19.7. The van der Waals surface area contributed by atoms with Gasteiger partial charge in [-0.05, 0) is 73.4 Å². The highest BCUT2D eigenvalue weighted by molar-refractivity contribution is 5.87. The number of methoxy groups -OCH3 is 2. The van der Waals surface area contributed by atoms with Crippen LogP contribution in [-0.2, 0) is 19.1 Å². The molecule has 2 aromatic heterocycles. The van der Waals surface area contributed by atoms with E-state index in [1.54, 1.807) is 4.90 Å². The van der Waals surface area contributed by atoms with Crippen LogP contribution in [0.2, 0.25) is 0 Å². The molecule has 14 heteroatoms. The maximum atomic E-state index is 13.7. The fourth-order valence-corrected chi connectivity index (χ4v) is 7.29. The molecule has 280 valence electrons. The summed E-state index contributed by atoms with van der Waals surface area (Å²) < 4.78 is 9.52. The van der Waals surface area contributed by atoms with E-state index < -0.39 is 24.3 Å². The number of aromatic nitrogens is 4. The first-order valence-corrected chi connectivity index (χ1v) is 18.2. The zero-order valence-corrected chi connectivity index (χ0v) is 31.3. The van der Waals surface area contributed by atoms with Gasteiger partial charge >= 0.3 is 12.2 Å². The van der Waals surface area contributed by atoms with Gasteiger partial charge < -0.3 is 39.9 Å². The average Bonchev–Trinajstić information content (AvgIpc) is 3.95. The lowest BCUT2D eigenvalue weighted by Crippen LogP contribution is -2.51. The molecule has 0 unspecified atom stereocenters. The van der Waals surface area contributed by atoms with E-state index in [1.807, 2.05) is 69.0 Å². The van der Waals surface area contributed by atoms with E-state index in [4.69, 9.17) is 19.4 Å². The number of imidazole rings is 2. The predicted molar refractivity (Wildman–Crippen MR) is 198 cm³/mol. The third-order valence-corrected chi connectivity index (χ3v) is 10.1. The lowest BCUT2D eigenvalue weighted by molar-refractivity contribution is -0.136. The van der Waals surface area contributed by atoms with Crippen LogP contribution in [0, 0.1) is 29.6 Å². The molecule has 14 nitrogen and oxygen atoms in total. The van der Waals surface area contributed by atoms with Crippen LogP contribution in [0.1, 0.15) is 88.7 Å². The number of hydrogen-bond donors (Lipinski definition) is 4. The molecule has 2 aliphatic heterocycles. The van der Waals surface area contributed by atoms with Crippen LogP contribution in [0.25, 0.3) is 22.1 Å². The molecule has 4 heterocycles. The second-order valence-electron chi connectivity index (χ2n) is 14.7. The van der Waals surface area contributed by atoms with Gasteiger partial charge in [0.1, 0.15) is 23.7 Å². The van der Waals surface area contributed by atoms with Gasteiger partial charge in [-0.1, -0.05) is 46.5 Å². The van der Waals surface area contributed by atoms with Crippen molar-refractivity contribution in [2.24, 2.45) is 17.8 Å². The van der Waals surface area contributed by atoms with Crippen LogP contribution in [0.4, 0.5) is 9.59 Å². The summed E-state index contributed by atoms with van der Waals surface area (Å²) in [5, 5.41) is 5.39. The number of H-pyrrole nitrogens is 2. The number of carbonyl (C=O) groups excluding carboxylic acids is 4. The lowest BCUT2D eigenvalue weighted by Gasteiger charge is -2.30. The molecule has 2 aliphatic rings. The molecule has 2 aromatic carbocycles. The maximum Gasteiger partial charge on any atom is 0.407 e. The van der Waals surface area contributed by atoms with Gasteiger partial charge in [0.25, 0.3) is 0 Å². The summed E-state index contributed by atoms with van der Waals surface area (Å²) in [5.41, 5.74) is 4.79. The van der Waals surface area contributed by atoms with Gasteiger partial charge in [0.15, 0.2) is 0 Å². The summed E-state index contributed by atoms with van der Waals surface area (Å²) in [6.07, 6.45) is 1.07. The molecule has 6 rings (SSSR count). The Labute approximate surface area is 308 Å². The Morgan fingerprint density at radius 1 is 0.774 bits per heavy atom. The van der Waals surface area contributed by atoms with Crippen molar-refractivity contribution in [3.05, 3.63) is 59.2 Å². The highest BCUT2D eigenvalue weighted by Crippen LogP contribution is 2.36. The molecule has 0 radical (unpaired) electrons. The minimum Gasteiger partial charge on any atom is -0.453 e. The number of alkyl carbamates (subject to hydrolysis) is 2. The Bertz CT molecular complexity index is 2080. The van der Waals surface area contributed by atoms with Crippen LogP contribution in [0.15, 0.2) is 36.4 Å². The molecule has 4 aromatic rings. The number of aromatic amines is 2. The van der Waals surface area contributed by atoms with Crippen molar-refractivity contribution in [3.8, 4) is 11.8 Å². The van der Waals surface area contributed by atoms with Gasteiger partial charge in [-0.3, -0.25) is 9.59 Å². The van der Waals surface area contributed by atoms with Gasteiger partial charge in [0.2, 0.25) is 11.8 Å². The Hall–Kier alpha value is -5.58. The molecule has 2 fully saturated rings. The number of rotatable bonds is 8. The number of likely N-dealkylation sites (tertiary alicyclic amines) is 2. The summed E-state index contributed by atoms with van der Waals surface area (Å²) in [4.78, 5) is 71.3. The summed E-state index contributed by atoms with van der Waals surface area (Å²) in [5.74, 6) is 7.64. The molecular weight excluding hydrogens is 676 g/mol. The van der Waals surface area contributed by atoms with E-state index in [-0.39, 0.29) is 41.7 Å². The summed E-state index contributed by atoms with van der Waals surface area (Å²) in [7, 11) is 2.57. The van der Waals surface area contributed by atoms with Crippen molar-refractivity contribution in [1.82, 2.24) is 40.4 Å². The maximum absolute atomic E-state index is 13.7. The van der Waals surface area contributed by atoms with Crippen molar-refractivity contribution >= 4 is 46.1 Å². The average molecular weight is 725 g/mol. The van der Waals surface area contributed by atoms with E-state index in [0.29, 0.717) is 24.7 Å². The molecule has 53 heavy (non-hydrogen) atoms. The molecule has 4 amide bonds. The van der Waals surface area contributed by atoms with Crippen LogP contribution in [0.5, 0.6) is 0 Å². The highest BCUT2D eigenvalue weighted by atomic mass is 16.5. The SMILES string of the molecule is COC(=O)N[C@H](C(=O)N1CCC[C@H]1c1nc2ccc(C#Cc3ccc4nc([C@@H]5C[C@H](C)CN5C(=O)[C@@H](NC(=O)OC)C(C)C)[nH]c4c3)cc2[nH]1)C(C)C. The van der Waals surface area contributed by atoms with Crippen LogP contribution < -0.4 is 10.6 Å². The van der Waals surface area contributed by atoms with E-state index >= 15 is 0 Å². The topological polar surface area (TPSA) is 175 Å². The first-order chi connectivity index (χ1) is 25.4. The summed E-state index contributed by atoms with van der Waals surface area (Å²) >= 11 is 0. The molecule has 5 atom stereocenters. The Morgan fingerprint density at radius 2 is 1.26 bits per heavy atom. The summed E-state index contributed by atoms with van der Waals surface area (Å²) in [6.45, 7) is 10.8. The minimum atomic E-state index is -0.713. The van der Waals surface area contributed by atoms with Crippen LogP contribution in [0.3, 0.4) is 0 Å². The Morgan fingerprint density at radius 3 is 1.75 bits per heavy atom. The Kier molecular flexibility index (Phi) is 10.9. The molecule has 0 spiro atoms. The molecular formula is C39H48N8O6. The van der Waals surface area contributed by atoms with Gasteiger partial charge in [0.05, 0.1) is 48.4 Å². The van der Waals surface area contributed by atoms with Crippen LogP contribution in [-0.4, -0.2) is 93.1 Å². The molecule has 0 aliphatic carbocycles. The standard InChI is InChI=1S/C39H48N8O6/c1-21(2)32(44-38(50)52-6)36(48)46-16-8-9-30(46)34-40-26-14-12-24(18-28(26)42-34)10-11-25-13-15-27-29(19-25)43-35(41-27)31-17-23(5)20-47(31)37(49)33(22(3)4)45-39(51)53-7/h12-15,18-19,21-23,30-33H,8-9,16-17,20H2,1-7H3,(H,40,42)(H,41,43)(H,44,50)(H,45,51)/t23-,30-,31-,32-,33-/m0/s1. The Balaban J connectivity index is 1.19. The second-order valence-corrected chi connectivity index (χ2v) is 14.7. The molecule has 4 N–H and O–H groups in total. The van der Waals surface area contributed by atoms with Crippen molar-refractivity contribution in [3.63, 3.8) is 0 Å². The molecule has 0 bridgehead atoms. The first-order valence-electron chi connectivity index (χ1n) is 18.2. The second kappa shape index (κ2) is 15.6. The van der Waals surface area contributed by atoms with Crippen LogP contribution >= 0.6 is 0 Å². The fourth-order valence-electron chi connectivity index (χ4n) is 7.29. The zero-order chi connectivity index (χ0) is 38.0. The van der Waals surface area contributed by atoms with E-state index in [1.165, 1.54) is 14.2 Å². The predicted octanol–water partition coefficient (Wildman–Crippen LogP) is 5.17. The van der Waals surface area contributed by atoms with Crippen molar-refractivity contribution in [1.29, 1.82) is 0 Å². The number of carbonyl (C=O) groups is 4. The fraction of sp³-hybridized carbons (Fsp3) is 0.487. The largest absolute Gasteiger partial charge is 0.453 e.